The molecule has 0 amide bonds. The van der Waals surface area contributed by atoms with Crippen molar-refractivity contribution in [2.45, 2.75) is 77.6 Å². The van der Waals surface area contributed by atoms with Gasteiger partial charge in [-0.1, -0.05) is 25.1 Å². The van der Waals surface area contributed by atoms with Crippen LogP contribution < -0.4 is 4.74 Å². The van der Waals surface area contributed by atoms with Crippen LogP contribution in [0.3, 0.4) is 0 Å². The summed E-state index contributed by atoms with van der Waals surface area (Å²) in [6.07, 6.45) is 14.9. The standard InChI is InChI=1S/C24H34F2O/c1-3-5-17-6-8-18(9-7-17)19-10-12-20(13-11-19)21-14-15-22(27-16-4-2)24(26)23(21)25/h3,5,14-15,17-20H,4,6-13,16H2,1-2H3. The first-order valence-electron chi connectivity index (χ1n) is 10.9. The SMILES string of the molecule is CC=CC1CCC(C2CCC(c3ccc(OCCC)c(F)c3F)CC2)CC1. The number of allylic oxidation sites excluding steroid dienone is 2. The molecule has 150 valence electrons. The van der Waals surface area contributed by atoms with Gasteiger partial charge in [-0.25, -0.2) is 4.39 Å². The maximum absolute atomic E-state index is 14.6. The highest BCUT2D eigenvalue weighted by Crippen LogP contribution is 2.45. The molecule has 3 heteroatoms. The molecular formula is C24H34F2O. The van der Waals surface area contributed by atoms with E-state index in [1.807, 2.05) is 6.92 Å². The third-order valence-corrected chi connectivity index (χ3v) is 6.70. The van der Waals surface area contributed by atoms with Gasteiger partial charge in [-0.15, -0.1) is 0 Å². The number of benzene rings is 1. The number of halogens is 2. The van der Waals surface area contributed by atoms with Gasteiger partial charge in [0.15, 0.2) is 11.6 Å². The normalized spacial score (nSPS) is 29.2. The van der Waals surface area contributed by atoms with E-state index in [2.05, 4.69) is 19.1 Å². The van der Waals surface area contributed by atoms with E-state index in [4.69, 9.17) is 4.74 Å². The summed E-state index contributed by atoms with van der Waals surface area (Å²) in [6, 6.07) is 3.36. The van der Waals surface area contributed by atoms with Crippen molar-refractivity contribution >= 4 is 0 Å². The van der Waals surface area contributed by atoms with Gasteiger partial charge < -0.3 is 4.74 Å². The van der Waals surface area contributed by atoms with Gasteiger partial charge in [0, 0.05) is 0 Å². The minimum absolute atomic E-state index is 0.0460. The lowest BCUT2D eigenvalue weighted by Crippen LogP contribution is -2.25. The fourth-order valence-electron chi connectivity index (χ4n) is 5.17. The van der Waals surface area contributed by atoms with Crippen LogP contribution in [0.25, 0.3) is 0 Å². The summed E-state index contributed by atoms with van der Waals surface area (Å²) in [5, 5.41) is 0. The molecule has 0 saturated heterocycles. The maximum atomic E-state index is 14.6. The molecule has 3 rings (SSSR count). The van der Waals surface area contributed by atoms with Gasteiger partial charge in [0.05, 0.1) is 6.61 Å². The lowest BCUT2D eigenvalue weighted by Gasteiger charge is -2.37. The van der Waals surface area contributed by atoms with Gasteiger partial charge in [-0.05, 0) is 100 Å². The van der Waals surface area contributed by atoms with E-state index in [1.165, 1.54) is 25.7 Å². The first-order chi connectivity index (χ1) is 13.1. The van der Waals surface area contributed by atoms with Gasteiger partial charge in [0.25, 0.3) is 0 Å². The predicted molar refractivity (Wildman–Crippen MR) is 107 cm³/mol. The Hall–Kier alpha value is -1.38. The Morgan fingerprint density at radius 3 is 2.15 bits per heavy atom. The van der Waals surface area contributed by atoms with Crippen LogP contribution in [0.5, 0.6) is 5.75 Å². The largest absolute Gasteiger partial charge is 0.490 e. The lowest BCUT2D eigenvalue weighted by molar-refractivity contribution is 0.170. The molecule has 0 spiro atoms. The van der Waals surface area contributed by atoms with Crippen LogP contribution in [-0.2, 0) is 0 Å². The first-order valence-corrected chi connectivity index (χ1v) is 10.9. The van der Waals surface area contributed by atoms with Crippen molar-refractivity contribution in [2.24, 2.45) is 17.8 Å². The molecule has 0 heterocycles. The predicted octanol–water partition coefficient (Wildman–Crippen LogP) is 7.41. The topological polar surface area (TPSA) is 9.23 Å². The van der Waals surface area contributed by atoms with Gasteiger partial charge in [-0.2, -0.15) is 4.39 Å². The molecule has 0 bridgehead atoms. The van der Waals surface area contributed by atoms with Crippen molar-refractivity contribution in [1.82, 2.24) is 0 Å². The summed E-state index contributed by atoms with van der Waals surface area (Å²) in [6.45, 7) is 4.48. The minimum Gasteiger partial charge on any atom is -0.490 e. The van der Waals surface area contributed by atoms with Crippen LogP contribution in [-0.4, -0.2) is 6.61 Å². The van der Waals surface area contributed by atoms with E-state index < -0.39 is 11.6 Å². The summed E-state index contributed by atoms with van der Waals surface area (Å²) < 4.78 is 34.2. The number of ether oxygens (including phenoxy) is 1. The highest BCUT2D eigenvalue weighted by atomic mass is 19.2. The zero-order chi connectivity index (χ0) is 19.2. The van der Waals surface area contributed by atoms with Gasteiger partial charge >= 0.3 is 0 Å². The second-order valence-electron chi connectivity index (χ2n) is 8.44. The van der Waals surface area contributed by atoms with Crippen LogP contribution in [0, 0.1) is 29.4 Å². The Kier molecular flexibility index (Phi) is 7.32. The number of hydrogen-bond donors (Lipinski definition) is 0. The monoisotopic (exact) mass is 376 g/mol. The van der Waals surface area contributed by atoms with Crippen LogP contribution in [0.15, 0.2) is 24.3 Å². The minimum atomic E-state index is -0.814. The van der Waals surface area contributed by atoms with Crippen molar-refractivity contribution in [3.8, 4) is 5.75 Å². The average Bonchev–Trinajstić information content (AvgIpc) is 2.70. The maximum Gasteiger partial charge on any atom is 0.200 e. The van der Waals surface area contributed by atoms with Crippen molar-refractivity contribution in [3.63, 3.8) is 0 Å². The molecule has 0 aliphatic heterocycles. The highest BCUT2D eigenvalue weighted by molar-refractivity contribution is 5.33. The number of rotatable bonds is 6. The summed E-state index contributed by atoms with van der Waals surface area (Å²) >= 11 is 0. The summed E-state index contributed by atoms with van der Waals surface area (Å²) in [4.78, 5) is 0. The van der Waals surface area contributed by atoms with Crippen molar-refractivity contribution in [3.05, 3.63) is 41.5 Å². The van der Waals surface area contributed by atoms with Crippen LogP contribution in [0.1, 0.15) is 83.1 Å². The van der Waals surface area contributed by atoms with Crippen molar-refractivity contribution < 1.29 is 13.5 Å². The molecule has 1 aromatic carbocycles. The number of hydrogen-bond acceptors (Lipinski definition) is 1. The Morgan fingerprint density at radius 1 is 0.926 bits per heavy atom. The van der Waals surface area contributed by atoms with Crippen LogP contribution >= 0.6 is 0 Å². The molecule has 0 unspecified atom stereocenters. The van der Waals surface area contributed by atoms with E-state index >= 15 is 0 Å². The Bertz CT molecular complexity index is 624. The quantitative estimate of drug-likeness (QED) is 0.470. The lowest BCUT2D eigenvalue weighted by atomic mass is 9.68. The fourth-order valence-corrected chi connectivity index (χ4v) is 5.17. The van der Waals surface area contributed by atoms with Crippen molar-refractivity contribution in [1.29, 1.82) is 0 Å². The molecule has 0 atom stereocenters. The van der Waals surface area contributed by atoms with Gasteiger partial charge in [0.2, 0.25) is 5.82 Å². The van der Waals surface area contributed by atoms with E-state index in [0.29, 0.717) is 12.2 Å². The zero-order valence-corrected chi connectivity index (χ0v) is 16.9. The van der Waals surface area contributed by atoms with Gasteiger partial charge in [0.1, 0.15) is 0 Å². The van der Waals surface area contributed by atoms with E-state index in [1.54, 1.807) is 12.1 Å². The summed E-state index contributed by atoms with van der Waals surface area (Å²) in [5.74, 6) is 1.06. The zero-order valence-electron chi connectivity index (χ0n) is 16.9. The van der Waals surface area contributed by atoms with E-state index in [0.717, 1.165) is 49.9 Å². The van der Waals surface area contributed by atoms with Gasteiger partial charge in [-0.3, -0.25) is 0 Å². The Labute approximate surface area is 163 Å². The fraction of sp³-hybridized carbons (Fsp3) is 0.667. The molecule has 1 nitrogen and oxygen atoms in total. The van der Waals surface area contributed by atoms with Crippen LogP contribution in [0.2, 0.25) is 0 Å². The molecule has 0 N–H and O–H groups in total. The van der Waals surface area contributed by atoms with Crippen LogP contribution in [0.4, 0.5) is 8.78 Å². The third-order valence-electron chi connectivity index (χ3n) is 6.70. The molecule has 2 saturated carbocycles. The summed E-state index contributed by atoms with van der Waals surface area (Å²) in [7, 11) is 0. The molecule has 0 radical (unpaired) electrons. The molecule has 1 aromatic rings. The molecule has 2 aliphatic rings. The Balaban J connectivity index is 1.56. The highest BCUT2D eigenvalue weighted by Gasteiger charge is 2.32. The average molecular weight is 377 g/mol. The molecule has 2 aliphatic carbocycles. The molecule has 2 fully saturated rings. The second kappa shape index (κ2) is 9.71. The Morgan fingerprint density at radius 2 is 1.56 bits per heavy atom. The summed E-state index contributed by atoms with van der Waals surface area (Å²) in [5.41, 5.74) is 0.548. The second-order valence-corrected chi connectivity index (χ2v) is 8.44. The molecule has 27 heavy (non-hydrogen) atoms. The molecular weight excluding hydrogens is 342 g/mol. The van der Waals surface area contributed by atoms with E-state index in [-0.39, 0.29) is 11.7 Å². The first kappa shape index (κ1) is 20.4. The van der Waals surface area contributed by atoms with E-state index in [9.17, 15) is 8.78 Å². The third kappa shape index (κ3) is 4.92. The van der Waals surface area contributed by atoms with Crippen molar-refractivity contribution in [2.75, 3.05) is 6.61 Å². The molecule has 0 aromatic heterocycles. The smallest absolute Gasteiger partial charge is 0.200 e.